The van der Waals surface area contributed by atoms with Gasteiger partial charge in [0, 0.05) is 67.9 Å². The summed E-state index contributed by atoms with van der Waals surface area (Å²) >= 11 is 0. The number of nitrogens with one attached hydrogen (secondary N) is 1. The highest BCUT2D eigenvalue weighted by Gasteiger charge is 2.30. The number of carbonyl (C=O) groups excluding carboxylic acids is 3. The van der Waals surface area contributed by atoms with E-state index in [0.29, 0.717) is 59.5 Å². The Morgan fingerprint density at radius 1 is 0.958 bits per heavy atom. The van der Waals surface area contributed by atoms with E-state index in [1.165, 1.54) is 35.6 Å². The van der Waals surface area contributed by atoms with Crippen LogP contribution in [0, 0.1) is 5.82 Å². The highest BCUT2D eigenvalue weighted by atomic mass is 32.2. The molecule has 1 aromatic heterocycles. The van der Waals surface area contributed by atoms with Gasteiger partial charge in [-0.15, -0.1) is 0 Å². The lowest BCUT2D eigenvalue weighted by atomic mass is 9.97. The molecular weight excluding hydrogens is 639 g/mol. The summed E-state index contributed by atoms with van der Waals surface area (Å²) in [6, 6.07) is 15.6. The molecule has 0 unspecified atom stereocenters. The van der Waals surface area contributed by atoms with Gasteiger partial charge < -0.3 is 24.3 Å². The van der Waals surface area contributed by atoms with Crippen molar-refractivity contribution in [2.75, 3.05) is 50.3 Å². The van der Waals surface area contributed by atoms with Gasteiger partial charge in [0.1, 0.15) is 22.8 Å². The molecule has 1 fully saturated rings. The second-order valence-corrected chi connectivity index (χ2v) is 14.4. The first-order valence-electron chi connectivity index (χ1n) is 15.5. The third kappa shape index (κ3) is 7.15. The number of sulfonamides is 1. The van der Waals surface area contributed by atoms with E-state index in [1.807, 2.05) is 0 Å². The molecule has 4 aromatic rings. The van der Waals surface area contributed by atoms with E-state index in [-0.39, 0.29) is 29.4 Å². The minimum atomic E-state index is -3.76. The zero-order chi connectivity index (χ0) is 35.0. The zero-order valence-electron chi connectivity index (χ0n) is 27.8. The van der Waals surface area contributed by atoms with Gasteiger partial charge in [0.2, 0.25) is 10.0 Å². The summed E-state index contributed by atoms with van der Waals surface area (Å²) in [5, 5.41) is 3.04. The van der Waals surface area contributed by atoms with Crippen LogP contribution in [0.3, 0.4) is 0 Å². The van der Waals surface area contributed by atoms with E-state index in [1.54, 1.807) is 73.9 Å². The highest BCUT2D eigenvalue weighted by Crippen LogP contribution is 2.42. The van der Waals surface area contributed by atoms with Crippen LogP contribution < -0.4 is 9.62 Å². The summed E-state index contributed by atoms with van der Waals surface area (Å²) in [6.07, 6.45) is 0.674. The molecule has 1 aliphatic heterocycles. The average molecular weight is 679 g/mol. The number of rotatable bonds is 7. The molecule has 1 saturated heterocycles. The fourth-order valence-corrected chi connectivity index (χ4v) is 6.71. The van der Waals surface area contributed by atoms with Crippen LogP contribution in [0.2, 0.25) is 0 Å². The number of hydrogen-bond donors (Lipinski definition) is 1. The fraction of sp³-hybridized carbons (Fsp3) is 0.343. The molecule has 3 amide bonds. The number of piperazine rings is 1. The first-order chi connectivity index (χ1) is 22.6. The first kappa shape index (κ1) is 34.4. The van der Waals surface area contributed by atoms with Crippen molar-refractivity contribution in [2.24, 2.45) is 0 Å². The normalized spacial score (nSPS) is 13.8. The van der Waals surface area contributed by atoms with Crippen LogP contribution in [0.25, 0.3) is 33.4 Å². The Morgan fingerprint density at radius 3 is 2.19 bits per heavy atom. The molecule has 0 spiro atoms. The van der Waals surface area contributed by atoms with Crippen molar-refractivity contribution >= 4 is 44.6 Å². The van der Waals surface area contributed by atoms with E-state index < -0.39 is 33.4 Å². The van der Waals surface area contributed by atoms with Crippen LogP contribution in [-0.2, 0) is 14.8 Å². The Kier molecular flexibility index (Phi) is 9.54. The molecule has 0 radical (unpaired) electrons. The van der Waals surface area contributed by atoms with Crippen LogP contribution in [0.1, 0.15) is 48.4 Å². The van der Waals surface area contributed by atoms with Gasteiger partial charge >= 0.3 is 6.09 Å². The Labute approximate surface area is 279 Å². The van der Waals surface area contributed by atoms with E-state index in [9.17, 15) is 27.2 Å². The minimum absolute atomic E-state index is 0.103. The van der Waals surface area contributed by atoms with Gasteiger partial charge in [-0.3, -0.25) is 13.9 Å². The number of hydrogen-bond acceptors (Lipinski definition) is 7. The predicted octanol–water partition coefficient (Wildman–Crippen LogP) is 5.74. The van der Waals surface area contributed by atoms with Crippen LogP contribution in [0.4, 0.5) is 14.9 Å². The summed E-state index contributed by atoms with van der Waals surface area (Å²) in [5.41, 5.74) is 1.95. The lowest BCUT2D eigenvalue weighted by Gasteiger charge is -2.35. The molecular formula is C35H39FN4O7S. The first-order valence-corrected chi connectivity index (χ1v) is 17.4. The van der Waals surface area contributed by atoms with Crippen molar-refractivity contribution in [3.05, 3.63) is 77.6 Å². The van der Waals surface area contributed by atoms with E-state index in [4.69, 9.17) is 9.15 Å². The molecule has 0 bridgehead atoms. The van der Waals surface area contributed by atoms with Crippen LogP contribution >= 0.6 is 0 Å². The van der Waals surface area contributed by atoms with Gasteiger partial charge in [-0.25, -0.2) is 17.6 Å². The van der Waals surface area contributed by atoms with Crippen molar-refractivity contribution in [3.63, 3.8) is 0 Å². The number of carbonyl (C=O) groups is 3. The summed E-state index contributed by atoms with van der Waals surface area (Å²) in [6.45, 7) is 8.47. The zero-order valence-corrected chi connectivity index (χ0v) is 28.6. The van der Waals surface area contributed by atoms with Crippen LogP contribution in [-0.4, -0.2) is 87.8 Å². The second kappa shape index (κ2) is 13.3. The Bertz CT molecular complexity index is 1980. The SMILES string of the molecule is CCN(c1cc2oc(-c3ccc(F)cc3)c(C(=O)NC)c2cc1-c1cccc(C(=O)N2CCN(C(=O)OC(C)(C)C)CC2)c1)S(C)(=O)=O. The topological polar surface area (TPSA) is 129 Å². The van der Waals surface area contributed by atoms with Crippen LogP contribution in [0.15, 0.2) is 65.1 Å². The second-order valence-electron chi connectivity index (χ2n) is 12.5. The number of benzene rings is 3. The largest absolute Gasteiger partial charge is 0.455 e. The number of nitrogens with zero attached hydrogens (tertiary/aromatic N) is 3. The van der Waals surface area contributed by atoms with Crippen LogP contribution in [0.5, 0.6) is 0 Å². The molecule has 5 rings (SSSR count). The van der Waals surface area contributed by atoms with Gasteiger partial charge in [0.25, 0.3) is 11.8 Å². The summed E-state index contributed by atoms with van der Waals surface area (Å²) in [4.78, 5) is 42.7. The number of ether oxygens (including phenoxy) is 1. The van der Waals surface area contributed by atoms with Gasteiger partial charge in [-0.05, 0) is 75.7 Å². The van der Waals surface area contributed by atoms with E-state index >= 15 is 0 Å². The standard InChI is InChI=1S/C35H39FN4O7S/c1-7-40(48(6,44)45)28-21-29-27(30(32(41)37-5)31(46-29)22-11-13-25(36)14-12-22)20-26(28)23-9-8-10-24(19-23)33(42)38-15-17-39(18-16-38)34(43)47-35(2,3)4/h8-14,19-21H,7,15-18H2,1-6H3,(H,37,41). The maximum atomic E-state index is 13.8. The number of fused-ring (bicyclic) bond motifs is 1. The smallest absolute Gasteiger partial charge is 0.410 e. The lowest BCUT2D eigenvalue weighted by Crippen LogP contribution is -2.51. The maximum Gasteiger partial charge on any atom is 0.410 e. The molecule has 11 nitrogen and oxygen atoms in total. The fourth-order valence-electron chi connectivity index (χ4n) is 5.73. The number of anilines is 1. The molecule has 48 heavy (non-hydrogen) atoms. The molecule has 3 aromatic carbocycles. The quantitative estimate of drug-likeness (QED) is 0.264. The molecule has 2 heterocycles. The summed E-state index contributed by atoms with van der Waals surface area (Å²) in [5.74, 6) is -0.945. The van der Waals surface area contributed by atoms with Crippen molar-refractivity contribution in [2.45, 2.75) is 33.3 Å². The average Bonchev–Trinajstić information content (AvgIpc) is 3.41. The maximum absolute atomic E-state index is 13.8. The highest BCUT2D eigenvalue weighted by molar-refractivity contribution is 7.92. The lowest BCUT2D eigenvalue weighted by molar-refractivity contribution is 0.0141. The summed E-state index contributed by atoms with van der Waals surface area (Å²) < 4.78 is 52.6. The Morgan fingerprint density at radius 2 is 1.60 bits per heavy atom. The van der Waals surface area contributed by atoms with E-state index in [0.717, 1.165) is 6.26 Å². The molecule has 0 aliphatic carbocycles. The molecule has 1 aliphatic rings. The van der Waals surface area contributed by atoms with Crippen molar-refractivity contribution < 1.29 is 36.3 Å². The Balaban J connectivity index is 1.58. The minimum Gasteiger partial charge on any atom is -0.455 e. The molecule has 1 N–H and O–H groups in total. The van der Waals surface area contributed by atoms with Gasteiger partial charge in [-0.2, -0.15) is 0 Å². The monoisotopic (exact) mass is 678 g/mol. The molecule has 13 heteroatoms. The van der Waals surface area contributed by atoms with Gasteiger partial charge in [-0.1, -0.05) is 12.1 Å². The number of furan rings is 1. The molecule has 0 atom stereocenters. The number of halogens is 1. The van der Waals surface area contributed by atoms with Gasteiger partial charge in [0.05, 0.1) is 17.5 Å². The van der Waals surface area contributed by atoms with Crippen molar-refractivity contribution in [3.8, 4) is 22.5 Å². The van der Waals surface area contributed by atoms with E-state index in [2.05, 4.69) is 5.32 Å². The number of amides is 3. The van der Waals surface area contributed by atoms with Gasteiger partial charge in [0.15, 0.2) is 0 Å². The van der Waals surface area contributed by atoms with Crippen molar-refractivity contribution in [1.82, 2.24) is 15.1 Å². The third-order valence-corrected chi connectivity index (χ3v) is 9.22. The Hall–Kier alpha value is -4.91. The molecule has 254 valence electrons. The third-order valence-electron chi connectivity index (χ3n) is 7.96. The molecule has 0 saturated carbocycles. The predicted molar refractivity (Wildman–Crippen MR) is 182 cm³/mol. The van der Waals surface area contributed by atoms with Crippen molar-refractivity contribution in [1.29, 1.82) is 0 Å². The summed E-state index contributed by atoms with van der Waals surface area (Å²) in [7, 11) is -2.28.